The number of hydrogen-bond donors (Lipinski definition) is 0. The first-order chi connectivity index (χ1) is 7.76. The van der Waals surface area contributed by atoms with Gasteiger partial charge in [-0.2, -0.15) is 19.8 Å². The van der Waals surface area contributed by atoms with Gasteiger partial charge in [0.2, 0.25) is 0 Å². The molecule has 1 rings (SSSR count). The minimum atomic E-state index is -1.86. The summed E-state index contributed by atoms with van der Waals surface area (Å²) in [4.78, 5) is 12.5. The number of benzene rings is 1. The van der Waals surface area contributed by atoms with Crippen LogP contribution in [0.3, 0.4) is 0 Å². The van der Waals surface area contributed by atoms with Gasteiger partial charge in [-0.05, 0) is 18.1 Å². The molecule has 0 aliphatic rings. The van der Waals surface area contributed by atoms with Crippen molar-refractivity contribution in [1.82, 2.24) is 0 Å². The second kappa shape index (κ2) is 6.38. The Labute approximate surface area is 86.9 Å². The highest BCUT2D eigenvalue weighted by Gasteiger charge is 2.18. The van der Waals surface area contributed by atoms with Crippen LogP contribution in [0.25, 0.3) is 0 Å². The highest BCUT2D eigenvalue weighted by Crippen LogP contribution is 2.24. The Morgan fingerprint density at radius 3 is 1.06 bits per heavy atom. The fourth-order valence-electron chi connectivity index (χ4n) is 1.04. The molecule has 0 bridgehead atoms. The molecule has 0 spiro atoms. The zero-order valence-corrected chi connectivity index (χ0v) is 7.61. The highest BCUT2D eigenvalue weighted by atomic mass is 19.3. The van der Waals surface area contributed by atoms with Crippen LogP contribution in [-0.4, -0.2) is 0 Å². The highest BCUT2D eigenvalue weighted by molar-refractivity contribution is 5.24. The van der Waals surface area contributed by atoms with Crippen molar-refractivity contribution in [3.8, 4) is 0 Å². The lowest BCUT2D eigenvalue weighted by Crippen LogP contribution is -2.02. The van der Waals surface area contributed by atoms with E-state index in [-0.39, 0.29) is 11.1 Å². The van der Waals surface area contributed by atoms with E-state index in [4.69, 9.17) is 0 Å². The van der Waals surface area contributed by atoms with Crippen molar-refractivity contribution in [3.05, 3.63) is 35.4 Å². The molecule has 0 aromatic heterocycles. The standard InChI is InChI=1S/C8H6F4O4/c9-13-7(14-10)5-1-2-6(4-3-5)8(15-11)16-12/h1-4,7-8H. The maximum Gasteiger partial charge on any atom is 0.260 e. The molecular formula is C8H6F4O4. The summed E-state index contributed by atoms with van der Waals surface area (Å²) in [6.45, 7) is 0. The zero-order valence-electron chi connectivity index (χ0n) is 7.61. The second-order valence-electron chi connectivity index (χ2n) is 2.69. The fraction of sp³-hybridized carbons (Fsp3) is 0.250. The van der Waals surface area contributed by atoms with Gasteiger partial charge in [0.1, 0.15) is 0 Å². The molecule has 0 aliphatic carbocycles. The summed E-state index contributed by atoms with van der Waals surface area (Å²) < 4.78 is 46.8. The van der Waals surface area contributed by atoms with Gasteiger partial charge in [0, 0.05) is 11.1 Å². The quantitative estimate of drug-likeness (QED) is 0.566. The molecule has 0 saturated carbocycles. The van der Waals surface area contributed by atoms with Crippen LogP contribution in [0, 0.1) is 0 Å². The van der Waals surface area contributed by atoms with Crippen molar-refractivity contribution in [3.63, 3.8) is 0 Å². The molecule has 0 fully saturated rings. The van der Waals surface area contributed by atoms with Crippen molar-refractivity contribution in [2.75, 3.05) is 0 Å². The Bertz CT molecular complexity index is 268. The van der Waals surface area contributed by atoms with Crippen LogP contribution in [0.2, 0.25) is 0 Å². The molecule has 0 amide bonds. The van der Waals surface area contributed by atoms with Crippen molar-refractivity contribution >= 4 is 0 Å². The average Bonchev–Trinajstić information content (AvgIpc) is 2.34. The van der Waals surface area contributed by atoms with Crippen LogP contribution in [0.1, 0.15) is 23.7 Å². The van der Waals surface area contributed by atoms with Gasteiger partial charge in [0.05, 0.1) is 0 Å². The van der Waals surface area contributed by atoms with E-state index in [1.165, 1.54) is 0 Å². The third kappa shape index (κ3) is 2.89. The average molecular weight is 242 g/mol. The van der Waals surface area contributed by atoms with E-state index >= 15 is 0 Å². The van der Waals surface area contributed by atoms with Crippen LogP contribution in [-0.2, 0) is 19.8 Å². The van der Waals surface area contributed by atoms with E-state index in [0.29, 0.717) is 0 Å². The maximum absolute atomic E-state index is 11.7. The molecular weight excluding hydrogens is 236 g/mol. The third-order valence-electron chi connectivity index (χ3n) is 1.80. The number of hydrogen-bond acceptors (Lipinski definition) is 4. The monoisotopic (exact) mass is 242 g/mol. The van der Waals surface area contributed by atoms with E-state index in [9.17, 15) is 18.1 Å². The van der Waals surface area contributed by atoms with Crippen molar-refractivity contribution in [2.24, 2.45) is 0 Å². The van der Waals surface area contributed by atoms with Gasteiger partial charge in [0.15, 0.2) is 0 Å². The van der Waals surface area contributed by atoms with E-state index in [1.54, 1.807) is 0 Å². The van der Waals surface area contributed by atoms with Crippen molar-refractivity contribution in [2.45, 2.75) is 12.6 Å². The molecule has 0 saturated heterocycles. The van der Waals surface area contributed by atoms with Crippen LogP contribution >= 0.6 is 0 Å². The molecule has 4 nitrogen and oxygen atoms in total. The van der Waals surface area contributed by atoms with Crippen LogP contribution in [0.5, 0.6) is 0 Å². The third-order valence-corrected chi connectivity index (χ3v) is 1.80. The van der Waals surface area contributed by atoms with E-state index in [1.807, 2.05) is 0 Å². The summed E-state index contributed by atoms with van der Waals surface area (Å²) in [6, 6.07) is 4.46. The molecule has 0 radical (unpaired) electrons. The molecule has 1 aromatic rings. The smallest absolute Gasteiger partial charge is 0.153 e. The number of rotatable bonds is 6. The van der Waals surface area contributed by atoms with E-state index in [2.05, 4.69) is 19.8 Å². The molecule has 0 heterocycles. The fourth-order valence-corrected chi connectivity index (χ4v) is 1.04. The molecule has 0 atom stereocenters. The Morgan fingerprint density at radius 2 is 0.875 bits per heavy atom. The predicted octanol–water partition coefficient (Wildman–Crippen LogP) is 3.29. The molecule has 0 N–H and O–H groups in total. The first-order valence-corrected chi connectivity index (χ1v) is 3.96. The van der Waals surface area contributed by atoms with E-state index in [0.717, 1.165) is 24.3 Å². The zero-order chi connectivity index (χ0) is 12.0. The van der Waals surface area contributed by atoms with Gasteiger partial charge in [-0.3, -0.25) is 0 Å². The van der Waals surface area contributed by atoms with Gasteiger partial charge in [-0.25, -0.2) is 0 Å². The topological polar surface area (TPSA) is 36.9 Å². The first kappa shape index (κ1) is 12.8. The molecule has 0 unspecified atom stereocenters. The minimum Gasteiger partial charge on any atom is -0.153 e. The Hall–Kier alpha value is -1.22. The van der Waals surface area contributed by atoms with Gasteiger partial charge < -0.3 is 0 Å². The maximum atomic E-state index is 11.7. The molecule has 8 heteroatoms. The Kier molecular flexibility index (Phi) is 5.12. The van der Waals surface area contributed by atoms with Crippen LogP contribution < -0.4 is 0 Å². The number of halogens is 4. The Balaban J connectivity index is 2.81. The van der Waals surface area contributed by atoms with E-state index < -0.39 is 12.6 Å². The van der Waals surface area contributed by atoms with Gasteiger partial charge in [0.25, 0.3) is 12.6 Å². The predicted molar refractivity (Wildman–Crippen MR) is 40.7 cm³/mol. The second-order valence-corrected chi connectivity index (χ2v) is 2.69. The Morgan fingerprint density at radius 1 is 0.625 bits per heavy atom. The summed E-state index contributed by atoms with van der Waals surface area (Å²) in [5.74, 6) is 0. The molecule has 90 valence electrons. The van der Waals surface area contributed by atoms with Crippen LogP contribution in [0.15, 0.2) is 24.3 Å². The lowest BCUT2D eigenvalue weighted by atomic mass is 10.1. The molecule has 16 heavy (non-hydrogen) atoms. The van der Waals surface area contributed by atoms with Crippen molar-refractivity contribution < 1.29 is 37.9 Å². The summed E-state index contributed by atoms with van der Waals surface area (Å²) in [5.41, 5.74) is -0.0737. The lowest BCUT2D eigenvalue weighted by molar-refractivity contribution is -0.354. The van der Waals surface area contributed by atoms with Gasteiger partial charge in [-0.1, -0.05) is 24.3 Å². The summed E-state index contributed by atoms with van der Waals surface area (Å²) in [7, 11) is 0. The van der Waals surface area contributed by atoms with Gasteiger partial charge in [-0.15, -0.1) is 0 Å². The first-order valence-electron chi connectivity index (χ1n) is 3.96. The van der Waals surface area contributed by atoms with Gasteiger partial charge >= 0.3 is 0 Å². The lowest BCUT2D eigenvalue weighted by Gasteiger charge is -2.09. The van der Waals surface area contributed by atoms with Crippen LogP contribution in [0.4, 0.5) is 18.1 Å². The molecule has 1 aromatic carbocycles. The summed E-state index contributed by atoms with van der Waals surface area (Å²) in [6.07, 6.45) is -3.71. The SMILES string of the molecule is FOC(OF)c1ccc(C(OF)OF)cc1. The van der Waals surface area contributed by atoms with Crippen molar-refractivity contribution in [1.29, 1.82) is 0 Å². The minimum absolute atomic E-state index is 0.0368. The summed E-state index contributed by atoms with van der Waals surface area (Å²) >= 11 is 0. The molecule has 0 aliphatic heterocycles. The normalized spacial score (nSPS) is 11.4. The largest absolute Gasteiger partial charge is 0.260 e. The summed E-state index contributed by atoms with van der Waals surface area (Å²) in [5, 5.41) is 0.